The van der Waals surface area contributed by atoms with Crippen LogP contribution in [0.4, 0.5) is 0 Å². The predicted octanol–water partition coefficient (Wildman–Crippen LogP) is 0.819. The van der Waals surface area contributed by atoms with Gasteiger partial charge in [-0.1, -0.05) is 0 Å². The Morgan fingerprint density at radius 1 is 1.28 bits per heavy atom. The quantitative estimate of drug-likeness (QED) is 0.823. The van der Waals surface area contributed by atoms with Gasteiger partial charge in [0.25, 0.3) is 5.91 Å². The summed E-state index contributed by atoms with van der Waals surface area (Å²) in [5.41, 5.74) is 0.701. The van der Waals surface area contributed by atoms with Crippen LogP contribution in [0.1, 0.15) is 29.6 Å². The number of nitrogens with one attached hydrogen (secondary N) is 2. The number of piperidine rings is 1. The van der Waals surface area contributed by atoms with E-state index in [2.05, 4.69) is 10.0 Å². The van der Waals surface area contributed by atoms with E-state index in [-0.39, 0.29) is 16.6 Å². The van der Waals surface area contributed by atoms with Gasteiger partial charge < -0.3 is 15.0 Å². The Balaban J connectivity index is 1.80. The van der Waals surface area contributed by atoms with Crippen molar-refractivity contribution in [2.75, 3.05) is 40.3 Å². The van der Waals surface area contributed by atoms with Crippen LogP contribution in [0.5, 0.6) is 5.75 Å². The third-order valence-corrected chi connectivity index (χ3v) is 6.85. The van der Waals surface area contributed by atoms with Gasteiger partial charge in [-0.15, -0.1) is 0 Å². The smallest absolute Gasteiger partial charge is 0.253 e. The molecule has 2 saturated heterocycles. The Morgan fingerprint density at radius 3 is 2.56 bits per heavy atom. The Bertz CT molecular complexity index is 747. The zero-order valence-corrected chi connectivity index (χ0v) is 15.5. The van der Waals surface area contributed by atoms with E-state index < -0.39 is 10.0 Å². The van der Waals surface area contributed by atoms with Gasteiger partial charge >= 0.3 is 0 Å². The van der Waals surface area contributed by atoms with Crippen LogP contribution in [0.15, 0.2) is 23.1 Å². The second kappa shape index (κ2) is 6.93. The number of nitrogens with zero attached hydrogens (tertiary/aromatic N) is 1. The van der Waals surface area contributed by atoms with Crippen LogP contribution in [0.3, 0.4) is 0 Å². The molecule has 1 spiro atoms. The molecule has 0 atom stereocenters. The zero-order valence-electron chi connectivity index (χ0n) is 14.7. The van der Waals surface area contributed by atoms with Crippen LogP contribution in [0.25, 0.3) is 0 Å². The number of hydrogen-bond acceptors (Lipinski definition) is 5. The first-order valence-electron chi connectivity index (χ1n) is 8.52. The minimum atomic E-state index is -3.70. The lowest BCUT2D eigenvalue weighted by molar-refractivity contribution is 0.0607. The van der Waals surface area contributed by atoms with Crippen molar-refractivity contribution in [1.82, 2.24) is 14.9 Å². The zero-order chi connectivity index (χ0) is 18.1. The lowest BCUT2D eigenvalue weighted by atomic mass is 9.78. The SMILES string of the molecule is CNS(=O)(=O)c1cc(C(=O)N2CCC3(CCNC3)CC2)ccc1OC. The molecule has 2 aliphatic heterocycles. The van der Waals surface area contributed by atoms with Crippen LogP contribution >= 0.6 is 0 Å². The van der Waals surface area contributed by atoms with Gasteiger partial charge in [-0.2, -0.15) is 0 Å². The number of carbonyl (C=O) groups excluding carboxylic acids is 1. The molecule has 0 bridgehead atoms. The highest BCUT2D eigenvalue weighted by molar-refractivity contribution is 7.89. The number of ether oxygens (including phenoxy) is 1. The summed E-state index contributed by atoms with van der Waals surface area (Å²) in [6.07, 6.45) is 3.15. The van der Waals surface area contributed by atoms with E-state index in [9.17, 15) is 13.2 Å². The summed E-state index contributed by atoms with van der Waals surface area (Å²) in [4.78, 5) is 14.6. The van der Waals surface area contributed by atoms with Crippen LogP contribution in [0.2, 0.25) is 0 Å². The molecular weight excluding hydrogens is 342 g/mol. The summed E-state index contributed by atoms with van der Waals surface area (Å²) in [5, 5.41) is 3.41. The molecule has 2 aliphatic rings. The van der Waals surface area contributed by atoms with Crippen LogP contribution in [-0.4, -0.2) is 59.6 Å². The molecule has 0 unspecified atom stereocenters. The van der Waals surface area contributed by atoms with Gasteiger partial charge in [-0.3, -0.25) is 4.79 Å². The van der Waals surface area contributed by atoms with Gasteiger partial charge in [0.15, 0.2) is 0 Å². The van der Waals surface area contributed by atoms with Gasteiger partial charge in [0.05, 0.1) is 7.11 Å². The molecule has 7 nitrogen and oxygen atoms in total. The average Bonchev–Trinajstić information content (AvgIpc) is 3.09. The maximum Gasteiger partial charge on any atom is 0.253 e. The third-order valence-electron chi connectivity index (χ3n) is 5.41. The standard InChI is InChI=1S/C17H25N3O4S/c1-18-25(22,23)15-11-13(3-4-14(15)24-2)16(21)20-9-6-17(7-10-20)5-8-19-12-17/h3-4,11,18-19H,5-10,12H2,1-2H3. The third kappa shape index (κ3) is 3.51. The van der Waals surface area contributed by atoms with E-state index in [4.69, 9.17) is 4.74 Å². The first-order chi connectivity index (χ1) is 11.9. The first kappa shape index (κ1) is 18.2. The van der Waals surface area contributed by atoms with Crippen molar-refractivity contribution in [2.45, 2.75) is 24.2 Å². The molecule has 1 aromatic carbocycles. The highest BCUT2D eigenvalue weighted by Gasteiger charge is 2.38. The number of amides is 1. The van der Waals surface area contributed by atoms with E-state index in [0.29, 0.717) is 24.1 Å². The number of likely N-dealkylation sites (tertiary alicyclic amines) is 1. The Morgan fingerprint density at radius 2 is 2.00 bits per heavy atom. The van der Waals surface area contributed by atoms with E-state index in [1.807, 2.05) is 4.90 Å². The number of benzene rings is 1. The molecule has 0 saturated carbocycles. The fourth-order valence-electron chi connectivity index (χ4n) is 3.72. The van der Waals surface area contributed by atoms with Gasteiger partial charge in [-0.05, 0) is 56.5 Å². The summed E-state index contributed by atoms with van der Waals surface area (Å²) < 4.78 is 31.8. The molecule has 0 radical (unpaired) electrons. The van der Waals surface area contributed by atoms with Crippen molar-refractivity contribution in [3.8, 4) is 5.75 Å². The Labute approximate surface area is 148 Å². The molecule has 8 heteroatoms. The van der Waals surface area contributed by atoms with Crippen molar-refractivity contribution < 1.29 is 17.9 Å². The second-order valence-electron chi connectivity index (χ2n) is 6.79. The molecule has 2 fully saturated rings. The molecule has 1 amide bonds. The Hall–Kier alpha value is -1.64. The van der Waals surface area contributed by atoms with E-state index in [0.717, 1.165) is 25.9 Å². The molecule has 2 N–H and O–H groups in total. The van der Waals surface area contributed by atoms with Crippen LogP contribution in [0, 0.1) is 5.41 Å². The lowest BCUT2D eigenvalue weighted by Gasteiger charge is -2.39. The molecule has 3 rings (SSSR count). The fraction of sp³-hybridized carbons (Fsp3) is 0.588. The number of sulfonamides is 1. The Kier molecular flexibility index (Phi) is 5.04. The fourth-order valence-corrected chi connectivity index (χ4v) is 4.64. The topological polar surface area (TPSA) is 87.7 Å². The lowest BCUT2D eigenvalue weighted by Crippen LogP contribution is -2.44. The summed E-state index contributed by atoms with van der Waals surface area (Å²) in [6.45, 7) is 3.50. The van der Waals surface area contributed by atoms with Crippen molar-refractivity contribution in [2.24, 2.45) is 5.41 Å². The first-order valence-corrected chi connectivity index (χ1v) is 10.0. The average molecular weight is 367 g/mol. The second-order valence-corrected chi connectivity index (χ2v) is 8.65. The van der Waals surface area contributed by atoms with Crippen molar-refractivity contribution in [1.29, 1.82) is 0 Å². The number of methoxy groups -OCH3 is 1. The summed E-state index contributed by atoms with van der Waals surface area (Å²) in [6, 6.07) is 4.55. The van der Waals surface area contributed by atoms with Crippen molar-refractivity contribution in [3.63, 3.8) is 0 Å². The molecule has 0 aromatic heterocycles. The minimum absolute atomic E-state index is 0.0168. The normalized spacial score (nSPS) is 20.0. The van der Waals surface area contributed by atoms with Gasteiger partial charge in [0.1, 0.15) is 10.6 Å². The number of hydrogen-bond donors (Lipinski definition) is 2. The van der Waals surface area contributed by atoms with Gasteiger partial charge in [-0.25, -0.2) is 13.1 Å². The van der Waals surface area contributed by atoms with Gasteiger partial charge in [0.2, 0.25) is 10.0 Å². The van der Waals surface area contributed by atoms with E-state index in [1.165, 1.54) is 32.7 Å². The molecular formula is C17H25N3O4S. The number of rotatable bonds is 4. The molecule has 138 valence electrons. The molecule has 2 heterocycles. The minimum Gasteiger partial charge on any atom is -0.495 e. The summed E-state index contributed by atoms with van der Waals surface area (Å²) >= 11 is 0. The summed E-state index contributed by atoms with van der Waals surface area (Å²) in [5.74, 6) is 0.0940. The van der Waals surface area contributed by atoms with E-state index in [1.54, 1.807) is 6.07 Å². The van der Waals surface area contributed by atoms with Gasteiger partial charge in [0, 0.05) is 25.2 Å². The highest BCUT2D eigenvalue weighted by atomic mass is 32.2. The maximum absolute atomic E-state index is 12.8. The predicted molar refractivity (Wildman–Crippen MR) is 94.3 cm³/mol. The van der Waals surface area contributed by atoms with Crippen molar-refractivity contribution in [3.05, 3.63) is 23.8 Å². The highest BCUT2D eigenvalue weighted by Crippen LogP contribution is 2.37. The van der Waals surface area contributed by atoms with Crippen LogP contribution < -0.4 is 14.8 Å². The molecule has 25 heavy (non-hydrogen) atoms. The molecule has 0 aliphatic carbocycles. The van der Waals surface area contributed by atoms with Crippen LogP contribution in [-0.2, 0) is 10.0 Å². The summed E-state index contributed by atoms with van der Waals surface area (Å²) in [7, 11) is -0.956. The van der Waals surface area contributed by atoms with Crippen molar-refractivity contribution >= 4 is 15.9 Å². The maximum atomic E-state index is 12.8. The largest absolute Gasteiger partial charge is 0.495 e. The van der Waals surface area contributed by atoms with E-state index >= 15 is 0 Å². The molecule has 1 aromatic rings. The monoisotopic (exact) mass is 367 g/mol. The number of carbonyl (C=O) groups is 1.